The van der Waals surface area contributed by atoms with E-state index in [9.17, 15) is 14.8 Å². The number of rotatable bonds is 5. The fraction of sp³-hybridized carbons (Fsp3) is 0.727. The number of aliphatic carboxylic acids is 1. The molecule has 19 heavy (non-hydrogen) atoms. The Bertz CT molecular complexity index is 374. The smallest absolute Gasteiger partial charge is 0.306 e. The number of nitrogens with one attached hydrogen (secondary N) is 2. The van der Waals surface area contributed by atoms with E-state index >= 15 is 0 Å². The van der Waals surface area contributed by atoms with Crippen molar-refractivity contribution in [1.29, 1.82) is 5.41 Å². The number of hydrogen-bond donors (Lipinski definition) is 5. The van der Waals surface area contributed by atoms with E-state index in [1.807, 2.05) is 0 Å². The number of carbonyl (C=O) groups is 2. The van der Waals surface area contributed by atoms with Gasteiger partial charge in [0.25, 0.3) is 0 Å². The molecule has 1 rings (SSSR count). The Morgan fingerprint density at radius 1 is 1.47 bits per heavy atom. The summed E-state index contributed by atoms with van der Waals surface area (Å²) in [5, 5.41) is 28.9. The van der Waals surface area contributed by atoms with Crippen molar-refractivity contribution in [3.8, 4) is 0 Å². The summed E-state index contributed by atoms with van der Waals surface area (Å²) in [5.74, 6) is -2.05. The van der Waals surface area contributed by atoms with E-state index in [1.165, 1.54) is 6.92 Å². The van der Waals surface area contributed by atoms with Gasteiger partial charge in [-0.2, -0.15) is 0 Å². The van der Waals surface area contributed by atoms with Gasteiger partial charge in [-0.05, 0) is 25.2 Å². The number of carbonyl (C=O) groups excluding carboxylic acids is 1. The summed E-state index contributed by atoms with van der Waals surface area (Å²) in [6, 6.07) is -0.209. The maximum atomic E-state index is 11.0. The molecular weight excluding hydrogens is 252 g/mol. The van der Waals surface area contributed by atoms with Gasteiger partial charge in [-0.3, -0.25) is 20.2 Å². The van der Waals surface area contributed by atoms with Gasteiger partial charge in [-0.25, -0.2) is 5.06 Å². The van der Waals surface area contributed by atoms with Gasteiger partial charge in [-0.1, -0.05) is 0 Å². The second-order valence-corrected chi connectivity index (χ2v) is 4.86. The van der Waals surface area contributed by atoms with E-state index < -0.39 is 17.8 Å². The monoisotopic (exact) mass is 272 g/mol. The number of nitrogens with zero attached hydrogens (tertiary/aromatic N) is 1. The van der Waals surface area contributed by atoms with E-state index in [4.69, 9.17) is 16.2 Å². The minimum Gasteiger partial charge on any atom is -0.481 e. The van der Waals surface area contributed by atoms with Crippen molar-refractivity contribution in [1.82, 2.24) is 10.4 Å². The number of nitrogens with two attached hydrogens (primary N) is 1. The normalized spacial score (nSPS) is 25.9. The third-order valence-corrected chi connectivity index (χ3v) is 3.46. The van der Waals surface area contributed by atoms with Crippen molar-refractivity contribution >= 4 is 17.8 Å². The van der Waals surface area contributed by atoms with Crippen LogP contribution in [0.1, 0.15) is 26.2 Å². The van der Waals surface area contributed by atoms with Gasteiger partial charge in [0.05, 0.1) is 5.92 Å². The molecular formula is C11H20N4O4. The second-order valence-electron chi connectivity index (χ2n) is 4.86. The van der Waals surface area contributed by atoms with E-state index in [2.05, 4.69) is 5.32 Å². The van der Waals surface area contributed by atoms with E-state index in [-0.39, 0.29) is 24.5 Å². The quantitative estimate of drug-likeness (QED) is 0.199. The lowest BCUT2D eigenvalue weighted by molar-refractivity contribution is -0.163. The van der Waals surface area contributed by atoms with E-state index in [0.717, 1.165) is 0 Å². The van der Waals surface area contributed by atoms with Crippen LogP contribution in [0.3, 0.4) is 0 Å². The van der Waals surface area contributed by atoms with Crippen LogP contribution in [0, 0.1) is 17.2 Å². The highest BCUT2D eigenvalue weighted by Crippen LogP contribution is 2.33. The predicted octanol–water partition coefficient (Wildman–Crippen LogP) is -0.423. The van der Waals surface area contributed by atoms with Crippen LogP contribution in [-0.2, 0) is 9.59 Å². The Hall–Kier alpha value is -1.83. The predicted molar refractivity (Wildman–Crippen MR) is 66.5 cm³/mol. The average Bonchev–Trinajstić information content (AvgIpc) is 2.68. The summed E-state index contributed by atoms with van der Waals surface area (Å²) in [7, 11) is 0. The summed E-state index contributed by atoms with van der Waals surface area (Å²) < 4.78 is 0. The zero-order valence-electron chi connectivity index (χ0n) is 10.8. The average molecular weight is 272 g/mol. The summed E-state index contributed by atoms with van der Waals surface area (Å²) in [6.45, 7) is 1.39. The largest absolute Gasteiger partial charge is 0.481 e. The SMILES string of the molecule is CC(=O)N(O)CCC1CC(C(=O)O)CC1NC(=N)N. The summed E-state index contributed by atoms with van der Waals surface area (Å²) in [4.78, 5) is 21.9. The Kier molecular flexibility index (Phi) is 5.11. The molecule has 0 heterocycles. The summed E-state index contributed by atoms with van der Waals surface area (Å²) in [5.41, 5.74) is 5.27. The van der Waals surface area contributed by atoms with Crippen molar-refractivity contribution in [3.63, 3.8) is 0 Å². The minimum absolute atomic E-state index is 0.0426. The third kappa shape index (κ3) is 4.40. The summed E-state index contributed by atoms with van der Waals surface area (Å²) >= 11 is 0. The fourth-order valence-corrected chi connectivity index (χ4v) is 2.47. The van der Waals surface area contributed by atoms with Crippen LogP contribution in [0.4, 0.5) is 0 Å². The van der Waals surface area contributed by atoms with Crippen molar-refractivity contribution in [2.45, 2.75) is 32.2 Å². The Morgan fingerprint density at radius 2 is 2.11 bits per heavy atom. The zero-order valence-corrected chi connectivity index (χ0v) is 10.8. The molecule has 1 aliphatic rings. The standard InChI is InChI=1S/C11H20N4O4/c1-6(16)15(19)3-2-7-4-8(10(17)18)5-9(7)14-11(12)13/h7-9,19H,2-5H2,1H3,(H,17,18)(H4,12,13,14). The molecule has 0 aromatic carbocycles. The molecule has 108 valence electrons. The van der Waals surface area contributed by atoms with Crippen LogP contribution in [-0.4, -0.2) is 45.8 Å². The molecule has 0 bridgehead atoms. The number of carboxylic acids is 1. The number of amides is 1. The number of hydroxylamine groups is 2. The van der Waals surface area contributed by atoms with Gasteiger partial charge in [0.15, 0.2) is 5.96 Å². The van der Waals surface area contributed by atoms with Gasteiger partial charge < -0.3 is 16.2 Å². The minimum atomic E-state index is -0.870. The highest BCUT2D eigenvalue weighted by Gasteiger charge is 2.38. The van der Waals surface area contributed by atoms with Crippen LogP contribution >= 0.6 is 0 Å². The van der Waals surface area contributed by atoms with Crippen molar-refractivity contribution in [2.24, 2.45) is 17.6 Å². The van der Waals surface area contributed by atoms with Gasteiger partial charge >= 0.3 is 5.97 Å². The van der Waals surface area contributed by atoms with Crippen LogP contribution in [0.15, 0.2) is 0 Å². The van der Waals surface area contributed by atoms with Crippen LogP contribution in [0.5, 0.6) is 0 Å². The van der Waals surface area contributed by atoms with Gasteiger partial charge in [0, 0.05) is 19.5 Å². The Labute approximate surface area is 111 Å². The van der Waals surface area contributed by atoms with E-state index in [0.29, 0.717) is 24.3 Å². The maximum absolute atomic E-state index is 11.0. The molecule has 0 saturated heterocycles. The molecule has 0 aromatic rings. The number of carboxylic acid groups (broad SMARTS) is 1. The molecule has 3 unspecified atom stereocenters. The molecule has 1 fully saturated rings. The molecule has 8 heteroatoms. The van der Waals surface area contributed by atoms with Crippen LogP contribution in [0.2, 0.25) is 0 Å². The second kappa shape index (κ2) is 6.37. The van der Waals surface area contributed by atoms with Crippen LogP contribution < -0.4 is 11.1 Å². The van der Waals surface area contributed by atoms with Crippen molar-refractivity contribution in [3.05, 3.63) is 0 Å². The Morgan fingerprint density at radius 3 is 2.58 bits per heavy atom. The highest BCUT2D eigenvalue weighted by molar-refractivity contribution is 5.75. The molecule has 0 aliphatic heterocycles. The molecule has 1 amide bonds. The molecule has 0 radical (unpaired) electrons. The fourth-order valence-electron chi connectivity index (χ4n) is 2.47. The summed E-state index contributed by atoms with van der Waals surface area (Å²) in [6.07, 6.45) is 1.31. The molecule has 1 aliphatic carbocycles. The van der Waals surface area contributed by atoms with Gasteiger partial charge in [0.1, 0.15) is 0 Å². The van der Waals surface area contributed by atoms with Crippen molar-refractivity contribution in [2.75, 3.05) is 6.54 Å². The lowest BCUT2D eigenvalue weighted by Crippen LogP contribution is -2.42. The van der Waals surface area contributed by atoms with Crippen molar-refractivity contribution < 1.29 is 19.9 Å². The first-order valence-electron chi connectivity index (χ1n) is 6.11. The third-order valence-electron chi connectivity index (χ3n) is 3.46. The zero-order chi connectivity index (χ0) is 14.6. The Balaban J connectivity index is 2.58. The number of guanidine groups is 1. The molecule has 0 aromatic heterocycles. The molecule has 3 atom stereocenters. The maximum Gasteiger partial charge on any atom is 0.306 e. The lowest BCUT2D eigenvalue weighted by atomic mass is 9.99. The van der Waals surface area contributed by atoms with Gasteiger partial charge in [-0.15, -0.1) is 0 Å². The first-order valence-corrected chi connectivity index (χ1v) is 6.11. The first-order chi connectivity index (χ1) is 8.81. The molecule has 1 saturated carbocycles. The molecule has 6 N–H and O–H groups in total. The van der Waals surface area contributed by atoms with Crippen LogP contribution in [0.25, 0.3) is 0 Å². The topological polar surface area (TPSA) is 140 Å². The lowest BCUT2D eigenvalue weighted by Gasteiger charge is -2.22. The molecule has 8 nitrogen and oxygen atoms in total. The van der Waals surface area contributed by atoms with E-state index in [1.54, 1.807) is 0 Å². The molecule has 0 spiro atoms. The first kappa shape index (κ1) is 15.2. The van der Waals surface area contributed by atoms with Gasteiger partial charge in [0.2, 0.25) is 5.91 Å². The number of hydrogen-bond acceptors (Lipinski definition) is 4. The highest BCUT2D eigenvalue weighted by atomic mass is 16.5.